The van der Waals surface area contributed by atoms with Crippen LogP contribution in [0.4, 0.5) is 0 Å². The molecule has 1 saturated carbocycles. The molecule has 6 nitrogen and oxygen atoms in total. The number of benzene rings is 1. The first-order valence-corrected chi connectivity index (χ1v) is 9.83. The van der Waals surface area contributed by atoms with Crippen molar-refractivity contribution in [1.82, 2.24) is 14.8 Å². The molecule has 1 aromatic carbocycles. The van der Waals surface area contributed by atoms with E-state index in [0.717, 1.165) is 35.5 Å². The van der Waals surface area contributed by atoms with Crippen LogP contribution < -0.4 is 5.32 Å². The zero-order valence-corrected chi connectivity index (χ0v) is 17.0. The minimum atomic E-state index is -0.807. The number of aryl methyl sites for hydroxylation is 2. The van der Waals surface area contributed by atoms with E-state index >= 15 is 0 Å². The summed E-state index contributed by atoms with van der Waals surface area (Å²) in [5.74, 6) is -0.865. The Bertz CT molecular complexity index is 881. The van der Waals surface area contributed by atoms with Crippen LogP contribution in [0.1, 0.15) is 47.1 Å². The second-order valence-corrected chi connectivity index (χ2v) is 7.66. The number of hydrogen-bond donors (Lipinski definition) is 2. The Morgan fingerprint density at radius 1 is 1.21 bits per heavy atom. The molecule has 2 aromatic rings. The number of amides is 1. The van der Waals surface area contributed by atoms with Gasteiger partial charge < -0.3 is 15.0 Å². The molecule has 150 valence electrons. The summed E-state index contributed by atoms with van der Waals surface area (Å²) < 4.78 is 2.12. The molecule has 1 heterocycles. The smallest absolute Gasteiger partial charge is 0.317 e. The van der Waals surface area contributed by atoms with Crippen LogP contribution in [-0.2, 0) is 4.79 Å². The lowest BCUT2D eigenvalue weighted by atomic mass is 9.85. The van der Waals surface area contributed by atoms with Gasteiger partial charge in [-0.3, -0.25) is 14.5 Å². The highest BCUT2D eigenvalue weighted by molar-refractivity contribution is 5.96. The van der Waals surface area contributed by atoms with Crippen molar-refractivity contribution in [2.24, 2.45) is 0 Å². The number of hydrogen-bond acceptors (Lipinski definition) is 3. The Balaban J connectivity index is 1.68. The highest BCUT2D eigenvalue weighted by atomic mass is 16.4. The van der Waals surface area contributed by atoms with Crippen molar-refractivity contribution in [3.63, 3.8) is 0 Å². The van der Waals surface area contributed by atoms with Gasteiger partial charge in [-0.1, -0.05) is 25.1 Å². The lowest BCUT2D eigenvalue weighted by molar-refractivity contribution is -0.139. The fourth-order valence-electron chi connectivity index (χ4n) is 4.12. The molecule has 0 bridgehead atoms. The van der Waals surface area contributed by atoms with E-state index in [1.165, 1.54) is 0 Å². The van der Waals surface area contributed by atoms with Gasteiger partial charge in [0.25, 0.3) is 5.91 Å². The molecular weight excluding hydrogens is 354 g/mol. The predicted octanol–water partition coefficient (Wildman–Crippen LogP) is 3.07. The monoisotopic (exact) mass is 383 g/mol. The second kappa shape index (κ2) is 8.19. The van der Waals surface area contributed by atoms with Gasteiger partial charge >= 0.3 is 5.97 Å². The van der Waals surface area contributed by atoms with Crippen molar-refractivity contribution in [3.05, 3.63) is 52.8 Å². The van der Waals surface area contributed by atoms with Crippen LogP contribution in [0, 0.1) is 20.8 Å². The third-order valence-corrected chi connectivity index (χ3v) is 5.74. The van der Waals surface area contributed by atoms with Gasteiger partial charge in [0.1, 0.15) is 0 Å². The van der Waals surface area contributed by atoms with Gasteiger partial charge in [-0.05, 0) is 57.9 Å². The first-order valence-electron chi connectivity index (χ1n) is 9.83. The van der Waals surface area contributed by atoms with E-state index in [0.29, 0.717) is 12.1 Å². The van der Waals surface area contributed by atoms with Crippen LogP contribution in [0.5, 0.6) is 0 Å². The average molecular weight is 383 g/mol. The second-order valence-electron chi connectivity index (χ2n) is 7.66. The summed E-state index contributed by atoms with van der Waals surface area (Å²) >= 11 is 0. The summed E-state index contributed by atoms with van der Waals surface area (Å²) in [6, 6.07) is 10.4. The minimum Gasteiger partial charge on any atom is -0.480 e. The van der Waals surface area contributed by atoms with E-state index in [1.807, 2.05) is 43.9 Å². The number of rotatable bonds is 7. The van der Waals surface area contributed by atoms with Gasteiger partial charge in [0.05, 0.1) is 12.1 Å². The number of carboxylic acid groups (broad SMARTS) is 1. The number of aromatic nitrogens is 1. The fourth-order valence-corrected chi connectivity index (χ4v) is 4.12. The van der Waals surface area contributed by atoms with Crippen LogP contribution >= 0.6 is 0 Å². The van der Waals surface area contributed by atoms with Crippen LogP contribution in [0.2, 0.25) is 0 Å². The molecule has 6 heteroatoms. The topological polar surface area (TPSA) is 74.6 Å². The molecule has 3 rings (SSSR count). The maximum atomic E-state index is 12.8. The summed E-state index contributed by atoms with van der Waals surface area (Å²) in [7, 11) is 0. The zero-order valence-electron chi connectivity index (χ0n) is 17.0. The Morgan fingerprint density at radius 3 is 2.50 bits per heavy atom. The lowest BCUT2D eigenvalue weighted by Gasteiger charge is -2.42. The quantitative estimate of drug-likeness (QED) is 0.771. The molecule has 28 heavy (non-hydrogen) atoms. The fraction of sp³-hybridized carbons (Fsp3) is 0.455. The molecule has 2 N–H and O–H groups in total. The van der Waals surface area contributed by atoms with E-state index in [2.05, 4.69) is 28.9 Å². The molecule has 1 aliphatic rings. The standard InChI is InChI=1S/C22H29N3O3/c1-5-24(13-21(26)27)18-11-17(12-18)23-22(28)19-10-15(3)25(16(19)4)20-9-7-6-8-14(20)2/h6-10,17-18H,5,11-13H2,1-4H3,(H,23,28)(H,26,27). The Labute approximate surface area is 166 Å². The molecule has 1 aromatic heterocycles. The van der Waals surface area contributed by atoms with Crippen LogP contribution in [0.3, 0.4) is 0 Å². The first kappa shape index (κ1) is 20.1. The highest BCUT2D eigenvalue weighted by Gasteiger charge is 2.35. The number of carbonyl (C=O) groups is 2. The van der Waals surface area contributed by atoms with E-state index in [-0.39, 0.29) is 24.5 Å². The maximum absolute atomic E-state index is 12.8. The first-order chi connectivity index (χ1) is 13.3. The van der Waals surface area contributed by atoms with E-state index in [9.17, 15) is 9.59 Å². The molecule has 0 unspecified atom stereocenters. The van der Waals surface area contributed by atoms with Crippen LogP contribution in [0.25, 0.3) is 5.69 Å². The Morgan fingerprint density at radius 2 is 1.89 bits per heavy atom. The molecule has 1 amide bonds. The number of carbonyl (C=O) groups excluding carboxylic acids is 1. The van der Waals surface area contributed by atoms with Gasteiger partial charge in [0.15, 0.2) is 0 Å². The summed E-state index contributed by atoms with van der Waals surface area (Å²) in [6.45, 7) is 8.78. The van der Waals surface area contributed by atoms with Gasteiger partial charge in [-0.2, -0.15) is 0 Å². The van der Waals surface area contributed by atoms with Crippen molar-refractivity contribution in [3.8, 4) is 5.69 Å². The van der Waals surface area contributed by atoms with Gasteiger partial charge in [-0.25, -0.2) is 0 Å². The molecular formula is C22H29N3O3. The Kier molecular flexibility index (Phi) is 5.89. The largest absolute Gasteiger partial charge is 0.480 e. The maximum Gasteiger partial charge on any atom is 0.317 e. The van der Waals surface area contributed by atoms with Gasteiger partial charge in [0, 0.05) is 29.2 Å². The van der Waals surface area contributed by atoms with E-state index in [4.69, 9.17) is 5.11 Å². The molecule has 0 radical (unpaired) electrons. The molecule has 0 spiro atoms. The van der Waals surface area contributed by atoms with Crippen molar-refractivity contribution >= 4 is 11.9 Å². The average Bonchev–Trinajstić information content (AvgIpc) is 2.91. The minimum absolute atomic E-state index is 0.0550. The van der Waals surface area contributed by atoms with Crippen molar-refractivity contribution in [1.29, 1.82) is 0 Å². The van der Waals surface area contributed by atoms with Crippen molar-refractivity contribution in [2.75, 3.05) is 13.1 Å². The molecule has 1 fully saturated rings. The molecule has 0 saturated heterocycles. The van der Waals surface area contributed by atoms with E-state index in [1.54, 1.807) is 0 Å². The van der Waals surface area contributed by atoms with Gasteiger partial charge in [0.2, 0.25) is 0 Å². The summed E-state index contributed by atoms with van der Waals surface area (Å²) in [5, 5.41) is 12.1. The molecule has 0 aliphatic heterocycles. The lowest BCUT2D eigenvalue weighted by Crippen LogP contribution is -2.54. The third kappa shape index (κ3) is 3.97. The number of carboxylic acids is 1. The Hall–Kier alpha value is -2.60. The van der Waals surface area contributed by atoms with Crippen molar-refractivity contribution in [2.45, 2.75) is 52.6 Å². The number of nitrogens with one attached hydrogen (secondary N) is 1. The van der Waals surface area contributed by atoms with Crippen LogP contribution in [-0.4, -0.2) is 51.6 Å². The van der Waals surface area contributed by atoms with Gasteiger partial charge in [-0.15, -0.1) is 0 Å². The summed E-state index contributed by atoms with van der Waals surface area (Å²) in [6.07, 6.45) is 1.59. The summed E-state index contributed by atoms with van der Waals surface area (Å²) in [5.41, 5.74) is 4.91. The number of likely N-dealkylation sites (N-methyl/N-ethyl adjacent to an activating group) is 1. The predicted molar refractivity (Wildman–Crippen MR) is 109 cm³/mol. The third-order valence-electron chi connectivity index (χ3n) is 5.74. The van der Waals surface area contributed by atoms with E-state index < -0.39 is 5.97 Å². The number of nitrogens with zero attached hydrogens (tertiary/aromatic N) is 2. The zero-order chi connectivity index (χ0) is 20.4. The highest BCUT2D eigenvalue weighted by Crippen LogP contribution is 2.27. The number of para-hydroxylation sites is 1. The SMILES string of the molecule is CCN(CC(=O)O)C1CC(NC(=O)c2cc(C)n(-c3ccccc3C)c2C)C1. The molecule has 0 atom stereocenters. The molecule has 1 aliphatic carbocycles. The normalized spacial score (nSPS) is 18.8. The van der Waals surface area contributed by atoms with Crippen molar-refractivity contribution < 1.29 is 14.7 Å². The van der Waals surface area contributed by atoms with Crippen LogP contribution in [0.15, 0.2) is 30.3 Å². The summed E-state index contributed by atoms with van der Waals surface area (Å²) in [4.78, 5) is 25.8. The number of aliphatic carboxylic acids is 1.